The third kappa shape index (κ3) is 3.72. The van der Waals surface area contributed by atoms with Gasteiger partial charge in [0.2, 0.25) is 5.82 Å². The Balaban J connectivity index is 1.92. The summed E-state index contributed by atoms with van der Waals surface area (Å²) in [6.07, 6.45) is 0. The molecule has 130 valence electrons. The van der Waals surface area contributed by atoms with Crippen molar-refractivity contribution < 1.29 is 19.6 Å². The standard InChI is InChI=1S/C16H24N6O2/c1-20-7-9-21(10-8-20)15(13-3-5-14(23)6-4-13)16-17-18-19-22(16)11-12-24-2/h3-6,15,23H,7-12H2,1-2H3/p+2/t15-/m1/s1. The highest BCUT2D eigenvalue weighted by Gasteiger charge is 2.34. The van der Waals surface area contributed by atoms with Crippen molar-refractivity contribution in [2.75, 3.05) is 46.9 Å². The number of aromatic nitrogens is 4. The number of hydrogen-bond acceptors (Lipinski definition) is 5. The van der Waals surface area contributed by atoms with Gasteiger partial charge in [-0.3, -0.25) is 0 Å². The SMILES string of the molecule is COCCn1nnnc1[C@@H](c1ccc(O)cc1)[NH+]1CC[NH+](C)CC1. The van der Waals surface area contributed by atoms with Crippen LogP contribution >= 0.6 is 0 Å². The number of hydrogen-bond donors (Lipinski definition) is 3. The van der Waals surface area contributed by atoms with E-state index in [2.05, 4.69) is 22.6 Å². The van der Waals surface area contributed by atoms with Gasteiger partial charge in [0, 0.05) is 12.7 Å². The van der Waals surface area contributed by atoms with Crippen LogP contribution in [0.15, 0.2) is 24.3 Å². The zero-order chi connectivity index (χ0) is 16.9. The molecule has 0 radical (unpaired) electrons. The number of likely N-dealkylation sites (N-methyl/N-ethyl adjacent to an activating group) is 1. The van der Waals surface area contributed by atoms with E-state index in [0.717, 1.165) is 37.6 Å². The Morgan fingerprint density at radius 2 is 1.92 bits per heavy atom. The number of tetrazole rings is 1. The second-order valence-electron chi connectivity index (χ2n) is 6.39. The van der Waals surface area contributed by atoms with E-state index >= 15 is 0 Å². The van der Waals surface area contributed by atoms with Gasteiger partial charge >= 0.3 is 0 Å². The Bertz CT molecular complexity index is 636. The fraction of sp³-hybridized carbons (Fsp3) is 0.562. The van der Waals surface area contributed by atoms with Gasteiger partial charge in [0.05, 0.1) is 20.2 Å². The van der Waals surface area contributed by atoms with Crippen LogP contribution in [-0.2, 0) is 11.3 Å². The van der Waals surface area contributed by atoms with E-state index in [4.69, 9.17) is 4.74 Å². The van der Waals surface area contributed by atoms with Crippen molar-refractivity contribution >= 4 is 0 Å². The first-order chi connectivity index (χ1) is 11.7. The van der Waals surface area contributed by atoms with E-state index in [1.807, 2.05) is 16.8 Å². The molecule has 1 aliphatic heterocycles. The number of nitrogens with one attached hydrogen (secondary N) is 2. The summed E-state index contributed by atoms with van der Waals surface area (Å²) in [5, 5.41) is 22.0. The number of quaternary nitrogens is 2. The van der Waals surface area contributed by atoms with E-state index in [1.54, 1.807) is 24.1 Å². The molecule has 0 saturated carbocycles. The lowest BCUT2D eigenvalue weighted by Gasteiger charge is -2.32. The molecule has 2 heterocycles. The molecule has 1 fully saturated rings. The van der Waals surface area contributed by atoms with Gasteiger partial charge in [-0.1, -0.05) is 0 Å². The number of benzene rings is 1. The smallest absolute Gasteiger partial charge is 0.214 e. The van der Waals surface area contributed by atoms with Crippen LogP contribution in [0, 0.1) is 0 Å². The fourth-order valence-electron chi connectivity index (χ4n) is 3.28. The van der Waals surface area contributed by atoms with Crippen LogP contribution in [0.25, 0.3) is 0 Å². The van der Waals surface area contributed by atoms with Crippen molar-refractivity contribution in [3.05, 3.63) is 35.7 Å². The zero-order valence-electron chi connectivity index (χ0n) is 14.3. The molecule has 8 heteroatoms. The number of nitrogens with zero attached hydrogens (tertiary/aromatic N) is 4. The van der Waals surface area contributed by atoms with E-state index in [-0.39, 0.29) is 11.8 Å². The predicted molar refractivity (Wildman–Crippen MR) is 87.0 cm³/mol. The molecule has 1 saturated heterocycles. The van der Waals surface area contributed by atoms with E-state index in [0.29, 0.717) is 13.2 Å². The van der Waals surface area contributed by atoms with E-state index in [1.165, 1.54) is 4.90 Å². The van der Waals surface area contributed by atoms with Crippen molar-refractivity contribution in [2.45, 2.75) is 12.6 Å². The van der Waals surface area contributed by atoms with E-state index in [9.17, 15) is 5.11 Å². The van der Waals surface area contributed by atoms with Gasteiger partial charge in [0.25, 0.3) is 0 Å². The first kappa shape index (κ1) is 16.8. The largest absolute Gasteiger partial charge is 0.508 e. The maximum absolute atomic E-state index is 9.61. The second kappa shape index (κ2) is 7.69. The van der Waals surface area contributed by atoms with Crippen molar-refractivity contribution in [1.82, 2.24) is 20.2 Å². The number of aromatic hydroxyl groups is 1. The molecule has 3 rings (SSSR count). The summed E-state index contributed by atoms with van der Waals surface area (Å²) in [4.78, 5) is 3.02. The average Bonchev–Trinajstić information content (AvgIpc) is 3.05. The molecule has 8 nitrogen and oxygen atoms in total. The van der Waals surface area contributed by atoms with Crippen LogP contribution in [0.3, 0.4) is 0 Å². The van der Waals surface area contributed by atoms with Crippen LogP contribution in [-0.4, -0.2) is 72.3 Å². The summed E-state index contributed by atoms with van der Waals surface area (Å²) in [5.41, 5.74) is 1.12. The van der Waals surface area contributed by atoms with Crippen LogP contribution in [0.2, 0.25) is 0 Å². The van der Waals surface area contributed by atoms with Gasteiger partial charge in [-0.25, -0.2) is 4.68 Å². The van der Waals surface area contributed by atoms with Gasteiger partial charge in [-0.15, -0.1) is 5.10 Å². The highest BCUT2D eigenvalue weighted by molar-refractivity contribution is 5.29. The number of phenolic OH excluding ortho intramolecular Hbond substituents is 1. The average molecular weight is 334 g/mol. The maximum atomic E-state index is 9.61. The minimum atomic E-state index is 0.0607. The van der Waals surface area contributed by atoms with Crippen molar-refractivity contribution in [3.8, 4) is 5.75 Å². The van der Waals surface area contributed by atoms with Crippen LogP contribution in [0.5, 0.6) is 5.75 Å². The number of phenols is 1. The molecule has 0 bridgehead atoms. The summed E-state index contributed by atoms with van der Waals surface area (Å²) in [6, 6.07) is 7.45. The van der Waals surface area contributed by atoms with Crippen LogP contribution in [0.4, 0.5) is 0 Å². The minimum Gasteiger partial charge on any atom is -0.508 e. The molecule has 0 spiro atoms. The Morgan fingerprint density at radius 3 is 2.58 bits per heavy atom. The Morgan fingerprint density at radius 1 is 1.21 bits per heavy atom. The lowest BCUT2D eigenvalue weighted by molar-refractivity contribution is -1.02. The van der Waals surface area contributed by atoms with Gasteiger partial charge in [0.1, 0.15) is 31.9 Å². The lowest BCUT2D eigenvalue weighted by atomic mass is 10.0. The molecule has 1 aromatic heterocycles. The molecule has 0 amide bonds. The van der Waals surface area contributed by atoms with Crippen LogP contribution < -0.4 is 9.80 Å². The quantitative estimate of drug-likeness (QED) is 0.545. The topological polar surface area (TPSA) is 81.9 Å². The highest BCUT2D eigenvalue weighted by Crippen LogP contribution is 2.19. The number of ether oxygens (including phenoxy) is 1. The molecule has 1 aliphatic rings. The fourth-order valence-corrected chi connectivity index (χ4v) is 3.28. The third-order valence-corrected chi connectivity index (χ3v) is 4.71. The molecule has 2 aromatic rings. The Labute approximate surface area is 141 Å². The Hall–Kier alpha value is -2.03. The van der Waals surface area contributed by atoms with Crippen molar-refractivity contribution in [3.63, 3.8) is 0 Å². The van der Waals surface area contributed by atoms with Gasteiger partial charge < -0.3 is 19.6 Å². The summed E-state index contributed by atoms with van der Waals surface area (Å²) < 4.78 is 7.00. The van der Waals surface area contributed by atoms with Crippen LogP contribution in [0.1, 0.15) is 17.4 Å². The molecule has 1 aromatic carbocycles. The number of piperazine rings is 1. The number of methoxy groups -OCH3 is 1. The first-order valence-corrected chi connectivity index (χ1v) is 8.39. The lowest BCUT2D eigenvalue weighted by Crippen LogP contribution is -3.27. The summed E-state index contributed by atoms with van der Waals surface area (Å²) >= 11 is 0. The summed E-state index contributed by atoms with van der Waals surface area (Å²) in [5.74, 6) is 1.13. The summed E-state index contributed by atoms with van der Waals surface area (Å²) in [6.45, 7) is 5.59. The third-order valence-electron chi connectivity index (χ3n) is 4.71. The monoisotopic (exact) mass is 334 g/mol. The summed E-state index contributed by atoms with van der Waals surface area (Å²) in [7, 11) is 3.91. The molecular weight excluding hydrogens is 308 g/mol. The molecule has 0 unspecified atom stereocenters. The van der Waals surface area contributed by atoms with Crippen molar-refractivity contribution in [1.29, 1.82) is 0 Å². The molecule has 0 aliphatic carbocycles. The van der Waals surface area contributed by atoms with Gasteiger partial charge in [0.15, 0.2) is 6.04 Å². The maximum Gasteiger partial charge on any atom is 0.214 e. The minimum absolute atomic E-state index is 0.0607. The van der Waals surface area contributed by atoms with Gasteiger partial charge in [-0.2, -0.15) is 0 Å². The zero-order valence-corrected chi connectivity index (χ0v) is 14.3. The highest BCUT2D eigenvalue weighted by atomic mass is 16.5. The number of rotatable bonds is 6. The Kier molecular flexibility index (Phi) is 5.39. The second-order valence-corrected chi connectivity index (χ2v) is 6.39. The molecular formula is C16H26N6O2+2. The van der Waals surface area contributed by atoms with Crippen molar-refractivity contribution in [2.24, 2.45) is 0 Å². The molecule has 24 heavy (non-hydrogen) atoms. The normalized spacial score (nSPS) is 22.4. The molecule has 3 N–H and O–H groups in total. The molecule has 1 atom stereocenters. The first-order valence-electron chi connectivity index (χ1n) is 8.39. The van der Waals surface area contributed by atoms with Gasteiger partial charge in [-0.05, 0) is 34.7 Å². The predicted octanol–water partition coefficient (Wildman–Crippen LogP) is -2.47. The van der Waals surface area contributed by atoms with E-state index < -0.39 is 0 Å².